The maximum Gasteiger partial charge on any atom is 0.227 e. The standard InChI is InChI=1S/C17H31N7O/c1-6-13-22-14-9-8-12(10-24(14)23-13)21-16(18-5)20-11-17(3,4)15(25)19-7-2/h12H,6-11H2,1-5H3,(H,19,25)(H2,18,20,21). The van der Waals surface area contributed by atoms with E-state index in [-0.39, 0.29) is 11.9 Å². The molecule has 25 heavy (non-hydrogen) atoms. The van der Waals surface area contributed by atoms with Crippen LogP contribution < -0.4 is 16.0 Å². The Morgan fingerprint density at radius 1 is 1.36 bits per heavy atom. The van der Waals surface area contributed by atoms with Crippen LogP contribution in [0.25, 0.3) is 0 Å². The second-order valence-corrected chi connectivity index (χ2v) is 7.03. The molecular formula is C17H31N7O. The fourth-order valence-electron chi connectivity index (χ4n) is 2.80. The molecule has 1 unspecified atom stereocenters. The van der Waals surface area contributed by atoms with Gasteiger partial charge in [-0.05, 0) is 27.2 Å². The molecule has 0 saturated heterocycles. The third-order valence-electron chi connectivity index (χ3n) is 4.43. The number of carbonyl (C=O) groups excluding carboxylic acids is 1. The number of carbonyl (C=O) groups is 1. The van der Waals surface area contributed by atoms with Gasteiger partial charge in [0.1, 0.15) is 5.82 Å². The van der Waals surface area contributed by atoms with Crippen LogP contribution in [0.2, 0.25) is 0 Å². The first-order valence-electron chi connectivity index (χ1n) is 9.07. The van der Waals surface area contributed by atoms with Gasteiger partial charge in [-0.25, -0.2) is 9.67 Å². The minimum atomic E-state index is -0.505. The Bertz CT molecular complexity index is 621. The lowest BCUT2D eigenvalue weighted by Gasteiger charge is -2.28. The number of aromatic nitrogens is 3. The predicted octanol–water partition coefficient (Wildman–Crippen LogP) is 0.483. The van der Waals surface area contributed by atoms with Crippen molar-refractivity contribution in [2.45, 2.75) is 59.5 Å². The first kappa shape index (κ1) is 19.2. The fraction of sp³-hybridized carbons (Fsp3) is 0.765. The summed E-state index contributed by atoms with van der Waals surface area (Å²) in [5.74, 6) is 2.72. The van der Waals surface area contributed by atoms with Crippen molar-refractivity contribution in [2.24, 2.45) is 10.4 Å². The third-order valence-corrected chi connectivity index (χ3v) is 4.43. The number of rotatable bonds is 6. The summed E-state index contributed by atoms with van der Waals surface area (Å²) in [6.45, 7) is 9.77. The van der Waals surface area contributed by atoms with Gasteiger partial charge in [-0.2, -0.15) is 5.10 Å². The normalized spacial score (nSPS) is 17.8. The predicted molar refractivity (Wildman–Crippen MR) is 98.5 cm³/mol. The lowest BCUT2D eigenvalue weighted by Crippen LogP contribution is -2.51. The van der Waals surface area contributed by atoms with Crippen molar-refractivity contribution in [2.75, 3.05) is 20.1 Å². The van der Waals surface area contributed by atoms with Crippen LogP contribution in [0.3, 0.4) is 0 Å². The molecule has 0 aliphatic carbocycles. The van der Waals surface area contributed by atoms with E-state index >= 15 is 0 Å². The average molecular weight is 349 g/mol. The first-order valence-corrected chi connectivity index (χ1v) is 9.07. The Morgan fingerprint density at radius 2 is 2.12 bits per heavy atom. The molecule has 8 nitrogen and oxygen atoms in total. The van der Waals surface area contributed by atoms with Crippen molar-refractivity contribution < 1.29 is 4.79 Å². The molecule has 1 aromatic rings. The van der Waals surface area contributed by atoms with E-state index in [2.05, 4.69) is 37.9 Å². The van der Waals surface area contributed by atoms with Crippen molar-refractivity contribution in [3.63, 3.8) is 0 Å². The molecule has 8 heteroatoms. The summed E-state index contributed by atoms with van der Waals surface area (Å²) in [4.78, 5) is 20.9. The van der Waals surface area contributed by atoms with Crippen LogP contribution in [-0.2, 0) is 24.2 Å². The molecule has 1 aliphatic rings. The van der Waals surface area contributed by atoms with Crippen molar-refractivity contribution in [1.82, 2.24) is 30.7 Å². The number of amides is 1. The SMILES string of the molecule is CCNC(=O)C(C)(C)CNC(=NC)NC1CCc2nc(CC)nn2C1. The molecule has 0 bridgehead atoms. The molecule has 0 saturated carbocycles. The summed E-state index contributed by atoms with van der Waals surface area (Å²) < 4.78 is 1.99. The molecule has 0 aromatic carbocycles. The maximum absolute atomic E-state index is 12.1. The summed E-state index contributed by atoms with van der Waals surface area (Å²) in [7, 11) is 1.74. The number of hydrogen-bond acceptors (Lipinski definition) is 4. The van der Waals surface area contributed by atoms with E-state index in [1.807, 2.05) is 25.5 Å². The molecule has 2 heterocycles. The van der Waals surface area contributed by atoms with E-state index in [0.717, 1.165) is 37.5 Å². The molecule has 1 aliphatic heterocycles. The molecule has 0 spiro atoms. The number of aryl methyl sites for hydroxylation is 2. The van der Waals surface area contributed by atoms with Gasteiger partial charge in [-0.3, -0.25) is 9.79 Å². The third kappa shape index (κ3) is 4.93. The molecule has 1 aromatic heterocycles. The second kappa shape index (κ2) is 8.31. The zero-order chi connectivity index (χ0) is 18.4. The molecule has 2 rings (SSSR count). The largest absolute Gasteiger partial charge is 0.356 e. The minimum Gasteiger partial charge on any atom is -0.356 e. The monoisotopic (exact) mass is 349 g/mol. The van der Waals surface area contributed by atoms with Gasteiger partial charge in [0.05, 0.1) is 12.0 Å². The van der Waals surface area contributed by atoms with E-state index in [1.165, 1.54) is 0 Å². The number of guanidine groups is 1. The van der Waals surface area contributed by atoms with Gasteiger partial charge in [-0.1, -0.05) is 6.92 Å². The molecule has 1 amide bonds. The summed E-state index contributed by atoms with van der Waals surface area (Å²) in [6.07, 6.45) is 2.75. The molecule has 3 N–H and O–H groups in total. The Balaban J connectivity index is 1.89. The zero-order valence-corrected chi connectivity index (χ0v) is 16.0. The number of nitrogens with one attached hydrogen (secondary N) is 3. The van der Waals surface area contributed by atoms with Crippen LogP contribution in [0.5, 0.6) is 0 Å². The van der Waals surface area contributed by atoms with E-state index < -0.39 is 5.41 Å². The van der Waals surface area contributed by atoms with Gasteiger partial charge in [0, 0.05) is 39.0 Å². The van der Waals surface area contributed by atoms with Gasteiger partial charge in [-0.15, -0.1) is 0 Å². The van der Waals surface area contributed by atoms with Crippen molar-refractivity contribution in [1.29, 1.82) is 0 Å². The van der Waals surface area contributed by atoms with E-state index in [0.29, 0.717) is 19.0 Å². The number of aliphatic imine (C=N–C) groups is 1. The minimum absolute atomic E-state index is 0.0370. The van der Waals surface area contributed by atoms with Crippen molar-refractivity contribution >= 4 is 11.9 Å². The van der Waals surface area contributed by atoms with Crippen molar-refractivity contribution in [3.05, 3.63) is 11.6 Å². The Kier molecular flexibility index (Phi) is 6.39. The lowest BCUT2D eigenvalue weighted by atomic mass is 9.92. The smallest absolute Gasteiger partial charge is 0.227 e. The number of nitrogens with zero attached hydrogens (tertiary/aromatic N) is 4. The van der Waals surface area contributed by atoms with Crippen LogP contribution in [0, 0.1) is 5.41 Å². The highest BCUT2D eigenvalue weighted by Crippen LogP contribution is 2.15. The first-order chi connectivity index (χ1) is 11.9. The zero-order valence-electron chi connectivity index (χ0n) is 16.0. The van der Waals surface area contributed by atoms with Crippen LogP contribution in [0.15, 0.2) is 4.99 Å². The van der Waals surface area contributed by atoms with Crippen LogP contribution in [0.1, 0.15) is 45.8 Å². The quantitative estimate of drug-likeness (QED) is 0.513. The van der Waals surface area contributed by atoms with Crippen LogP contribution in [-0.4, -0.2) is 52.8 Å². The molecule has 0 radical (unpaired) electrons. The summed E-state index contributed by atoms with van der Waals surface area (Å²) in [6, 6.07) is 0.248. The Hall–Kier alpha value is -2.12. The van der Waals surface area contributed by atoms with Crippen molar-refractivity contribution in [3.8, 4) is 0 Å². The van der Waals surface area contributed by atoms with E-state index in [9.17, 15) is 4.79 Å². The number of hydrogen-bond donors (Lipinski definition) is 3. The average Bonchev–Trinajstić information content (AvgIpc) is 3.01. The van der Waals surface area contributed by atoms with Gasteiger partial charge in [0.25, 0.3) is 0 Å². The molecule has 140 valence electrons. The summed E-state index contributed by atoms with van der Waals surface area (Å²) >= 11 is 0. The highest BCUT2D eigenvalue weighted by molar-refractivity contribution is 5.84. The number of fused-ring (bicyclic) bond motifs is 1. The molecular weight excluding hydrogens is 318 g/mol. The molecule has 0 fully saturated rings. The van der Waals surface area contributed by atoms with E-state index in [1.54, 1.807) is 7.05 Å². The topological polar surface area (TPSA) is 96.2 Å². The van der Waals surface area contributed by atoms with Crippen LogP contribution in [0.4, 0.5) is 0 Å². The maximum atomic E-state index is 12.1. The highest BCUT2D eigenvalue weighted by Gasteiger charge is 2.28. The van der Waals surface area contributed by atoms with Crippen LogP contribution >= 0.6 is 0 Å². The second-order valence-electron chi connectivity index (χ2n) is 7.03. The summed E-state index contributed by atoms with van der Waals surface area (Å²) in [5.41, 5.74) is -0.505. The van der Waals surface area contributed by atoms with Gasteiger partial charge >= 0.3 is 0 Å². The lowest BCUT2D eigenvalue weighted by molar-refractivity contribution is -0.128. The van der Waals surface area contributed by atoms with Gasteiger partial charge < -0.3 is 16.0 Å². The fourth-order valence-corrected chi connectivity index (χ4v) is 2.80. The Labute approximate surface area is 149 Å². The Morgan fingerprint density at radius 3 is 2.76 bits per heavy atom. The van der Waals surface area contributed by atoms with Gasteiger partial charge in [0.2, 0.25) is 5.91 Å². The highest BCUT2D eigenvalue weighted by atomic mass is 16.2. The van der Waals surface area contributed by atoms with Gasteiger partial charge in [0.15, 0.2) is 11.8 Å². The van der Waals surface area contributed by atoms with E-state index in [4.69, 9.17) is 0 Å². The molecule has 1 atom stereocenters. The summed E-state index contributed by atoms with van der Waals surface area (Å²) in [5, 5.41) is 14.1.